The number of benzene rings is 1. The van der Waals surface area contributed by atoms with Crippen LogP contribution in [0.2, 0.25) is 0 Å². The molecular weight excluding hydrogens is 414 g/mol. The zero-order valence-electron chi connectivity index (χ0n) is 18.1. The fourth-order valence-electron chi connectivity index (χ4n) is 4.46. The molecule has 1 aromatic heterocycles. The summed E-state index contributed by atoms with van der Waals surface area (Å²) in [5, 5.41) is 11.5. The molecule has 0 radical (unpaired) electrons. The number of rotatable bonds is 6. The number of fused-ring (bicyclic) bond motifs is 1. The van der Waals surface area contributed by atoms with E-state index in [0.29, 0.717) is 25.1 Å². The van der Waals surface area contributed by atoms with E-state index in [1.807, 2.05) is 6.92 Å². The van der Waals surface area contributed by atoms with Crippen LogP contribution in [0.25, 0.3) is 0 Å². The van der Waals surface area contributed by atoms with E-state index in [0.717, 1.165) is 56.7 Å². The molecule has 4 rings (SSSR count). The number of piperidine rings is 1. The smallest absolute Gasteiger partial charge is 0.251 e. The summed E-state index contributed by atoms with van der Waals surface area (Å²) in [6, 6.07) is 6.24. The summed E-state index contributed by atoms with van der Waals surface area (Å²) >= 11 is 0. The summed E-state index contributed by atoms with van der Waals surface area (Å²) in [5.41, 5.74) is 0.450. The van der Waals surface area contributed by atoms with Gasteiger partial charge in [0.05, 0.1) is 4.90 Å². The van der Waals surface area contributed by atoms with Crippen LogP contribution in [0.5, 0.6) is 0 Å². The summed E-state index contributed by atoms with van der Waals surface area (Å²) in [6.07, 6.45) is 7.91. The van der Waals surface area contributed by atoms with Gasteiger partial charge in [-0.05, 0) is 56.9 Å². The lowest BCUT2D eigenvalue weighted by Gasteiger charge is -2.32. The van der Waals surface area contributed by atoms with Crippen LogP contribution in [-0.4, -0.2) is 52.5 Å². The second-order valence-electron chi connectivity index (χ2n) is 8.49. The minimum Gasteiger partial charge on any atom is -0.352 e. The number of carbonyl (C=O) groups excluding carboxylic acids is 1. The Morgan fingerprint density at radius 2 is 1.84 bits per heavy atom. The van der Waals surface area contributed by atoms with E-state index in [2.05, 4.69) is 20.1 Å². The highest BCUT2D eigenvalue weighted by molar-refractivity contribution is 7.89. The monoisotopic (exact) mass is 445 g/mol. The Balaban J connectivity index is 1.35. The van der Waals surface area contributed by atoms with Crippen LogP contribution in [0.15, 0.2) is 29.2 Å². The van der Waals surface area contributed by atoms with Crippen molar-refractivity contribution in [3.05, 3.63) is 41.5 Å². The van der Waals surface area contributed by atoms with Crippen molar-refractivity contribution in [3.63, 3.8) is 0 Å². The van der Waals surface area contributed by atoms with Crippen molar-refractivity contribution in [2.24, 2.45) is 0 Å². The van der Waals surface area contributed by atoms with Crippen LogP contribution < -0.4 is 5.32 Å². The minimum atomic E-state index is -3.53. The van der Waals surface area contributed by atoms with Crippen LogP contribution in [-0.2, 0) is 29.4 Å². The van der Waals surface area contributed by atoms with Crippen molar-refractivity contribution < 1.29 is 13.2 Å². The van der Waals surface area contributed by atoms with Crippen LogP contribution in [0.1, 0.15) is 67.5 Å². The maximum atomic E-state index is 12.9. The van der Waals surface area contributed by atoms with E-state index < -0.39 is 10.0 Å². The Hall–Kier alpha value is -2.26. The molecule has 168 valence electrons. The van der Waals surface area contributed by atoms with Gasteiger partial charge in [-0.2, -0.15) is 4.31 Å². The molecule has 1 atom stereocenters. The number of aromatic nitrogens is 3. The Morgan fingerprint density at radius 3 is 2.61 bits per heavy atom. The quantitative estimate of drug-likeness (QED) is 0.737. The van der Waals surface area contributed by atoms with Crippen LogP contribution in [0.4, 0.5) is 0 Å². The Morgan fingerprint density at radius 1 is 1.06 bits per heavy atom. The standard InChI is InChI=1S/C22H31N5O3S/c1-17-7-4-6-16-27(17)31(29,30)19-11-9-18(10-12-19)22(28)23-14-13-21-25-24-20-8-3-2-5-15-26(20)21/h9-12,17H,2-8,13-16H2,1H3,(H,23,28). The van der Waals surface area contributed by atoms with Gasteiger partial charge in [0.15, 0.2) is 0 Å². The number of amides is 1. The lowest BCUT2D eigenvalue weighted by molar-refractivity contribution is 0.0953. The zero-order valence-corrected chi connectivity index (χ0v) is 18.9. The van der Waals surface area contributed by atoms with Crippen molar-refractivity contribution >= 4 is 15.9 Å². The number of sulfonamides is 1. The summed E-state index contributed by atoms with van der Waals surface area (Å²) in [6.45, 7) is 3.91. The third-order valence-electron chi connectivity index (χ3n) is 6.29. The first-order chi connectivity index (χ1) is 15.0. The molecule has 0 aliphatic carbocycles. The summed E-state index contributed by atoms with van der Waals surface area (Å²) in [4.78, 5) is 12.8. The van der Waals surface area contributed by atoms with Gasteiger partial charge in [-0.15, -0.1) is 10.2 Å². The number of nitrogens with one attached hydrogen (secondary N) is 1. The fourth-order valence-corrected chi connectivity index (χ4v) is 6.16. The van der Waals surface area contributed by atoms with E-state index in [4.69, 9.17) is 0 Å². The highest BCUT2D eigenvalue weighted by atomic mass is 32.2. The van der Waals surface area contributed by atoms with Gasteiger partial charge < -0.3 is 9.88 Å². The number of hydrogen-bond donors (Lipinski definition) is 1. The Kier molecular flexibility index (Phi) is 6.71. The van der Waals surface area contributed by atoms with E-state index in [1.54, 1.807) is 16.4 Å². The van der Waals surface area contributed by atoms with Gasteiger partial charge >= 0.3 is 0 Å². The SMILES string of the molecule is CC1CCCCN1S(=O)(=O)c1ccc(C(=O)NCCc2nnc3n2CCCCC3)cc1. The van der Waals surface area contributed by atoms with Crippen LogP contribution in [0.3, 0.4) is 0 Å². The van der Waals surface area contributed by atoms with Gasteiger partial charge in [0.25, 0.3) is 5.91 Å². The third-order valence-corrected chi connectivity index (χ3v) is 8.31. The Bertz CT molecular complexity index is 1020. The molecule has 1 N–H and O–H groups in total. The summed E-state index contributed by atoms with van der Waals surface area (Å²) < 4.78 is 29.6. The first kappa shape index (κ1) is 22.0. The molecule has 2 aliphatic rings. The predicted octanol–water partition coefficient (Wildman–Crippen LogP) is 2.54. The Labute approximate surface area is 184 Å². The van der Waals surface area contributed by atoms with E-state index in [-0.39, 0.29) is 16.8 Å². The van der Waals surface area contributed by atoms with Gasteiger partial charge in [-0.1, -0.05) is 12.8 Å². The molecule has 1 amide bonds. The minimum absolute atomic E-state index is 0.00826. The molecule has 31 heavy (non-hydrogen) atoms. The molecule has 1 saturated heterocycles. The number of nitrogens with zero attached hydrogens (tertiary/aromatic N) is 4. The average Bonchev–Trinajstić information content (AvgIpc) is 3.00. The largest absolute Gasteiger partial charge is 0.352 e. The van der Waals surface area contributed by atoms with Gasteiger partial charge in [0.2, 0.25) is 10.0 Å². The molecular formula is C22H31N5O3S. The third kappa shape index (κ3) is 4.82. The number of aryl methyl sites for hydroxylation is 1. The normalized spacial score (nSPS) is 20.1. The first-order valence-electron chi connectivity index (χ1n) is 11.3. The second kappa shape index (κ2) is 9.48. The summed E-state index contributed by atoms with van der Waals surface area (Å²) in [7, 11) is -3.53. The predicted molar refractivity (Wildman–Crippen MR) is 117 cm³/mol. The molecule has 0 bridgehead atoms. The van der Waals surface area contributed by atoms with Gasteiger partial charge in [0, 0.05) is 44.1 Å². The van der Waals surface area contributed by atoms with Crippen molar-refractivity contribution in [1.82, 2.24) is 24.4 Å². The maximum absolute atomic E-state index is 12.9. The maximum Gasteiger partial charge on any atom is 0.251 e. The van der Waals surface area contributed by atoms with Crippen molar-refractivity contribution in [2.75, 3.05) is 13.1 Å². The molecule has 2 aromatic rings. The van der Waals surface area contributed by atoms with Crippen molar-refractivity contribution in [1.29, 1.82) is 0 Å². The fraction of sp³-hybridized carbons (Fsp3) is 0.591. The molecule has 3 heterocycles. The van der Waals surface area contributed by atoms with Gasteiger partial charge in [0.1, 0.15) is 11.6 Å². The van der Waals surface area contributed by atoms with Crippen LogP contribution >= 0.6 is 0 Å². The highest BCUT2D eigenvalue weighted by Crippen LogP contribution is 2.25. The lowest BCUT2D eigenvalue weighted by atomic mass is 10.1. The number of carbonyl (C=O) groups is 1. The topological polar surface area (TPSA) is 97.2 Å². The lowest BCUT2D eigenvalue weighted by Crippen LogP contribution is -2.41. The zero-order chi connectivity index (χ0) is 21.8. The van der Waals surface area contributed by atoms with Gasteiger partial charge in [-0.25, -0.2) is 8.42 Å². The van der Waals surface area contributed by atoms with E-state index in [9.17, 15) is 13.2 Å². The molecule has 9 heteroatoms. The first-order valence-corrected chi connectivity index (χ1v) is 12.7. The highest BCUT2D eigenvalue weighted by Gasteiger charge is 2.30. The average molecular weight is 446 g/mol. The van der Waals surface area contributed by atoms with E-state index >= 15 is 0 Å². The van der Waals surface area contributed by atoms with Gasteiger partial charge in [-0.3, -0.25) is 4.79 Å². The molecule has 2 aliphatic heterocycles. The number of hydrogen-bond acceptors (Lipinski definition) is 5. The van der Waals surface area contributed by atoms with Crippen LogP contribution in [0, 0.1) is 0 Å². The molecule has 1 unspecified atom stereocenters. The molecule has 8 nitrogen and oxygen atoms in total. The molecule has 1 fully saturated rings. The molecule has 0 saturated carbocycles. The molecule has 0 spiro atoms. The summed E-state index contributed by atoms with van der Waals surface area (Å²) in [5.74, 6) is 1.74. The van der Waals surface area contributed by atoms with E-state index in [1.165, 1.54) is 18.6 Å². The second-order valence-corrected chi connectivity index (χ2v) is 10.4. The van der Waals surface area contributed by atoms with Crippen molar-refractivity contribution in [2.45, 2.75) is 75.8 Å². The molecule has 1 aromatic carbocycles. The van der Waals surface area contributed by atoms with Crippen molar-refractivity contribution in [3.8, 4) is 0 Å².